The Labute approximate surface area is 399 Å². The molecule has 0 aliphatic rings. The number of carboxylic acid groups (broad SMARTS) is 7. The van der Waals surface area contributed by atoms with Crippen LogP contribution in [0, 0.1) is 0 Å². The van der Waals surface area contributed by atoms with Gasteiger partial charge in [-0.15, -0.1) is 0 Å². The summed E-state index contributed by atoms with van der Waals surface area (Å²) in [5.41, 5.74) is 50.6. The highest BCUT2D eigenvalue weighted by atomic mass is 16.4. The van der Waals surface area contributed by atoms with Gasteiger partial charge in [-0.25, -0.2) is 4.79 Å². The molecule has 0 heterocycles. The molecule has 0 radical (unpaired) electrons. The first kappa shape index (κ1) is 70.3. The minimum atomic E-state index is -1.18. The van der Waals surface area contributed by atoms with Gasteiger partial charge in [0, 0.05) is 51.4 Å². The molecule has 1 rings (SSSR count). The fourth-order valence-electron chi connectivity index (χ4n) is 4.20. The second-order valence-electron chi connectivity index (χ2n) is 13.9. The molecule has 0 saturated heterocycles. The van der Waals surface area contributed by atoms with Gasteiger partial charge in [0.1, 0.15) is 12.1 Å². The van der Waals surface area contributed by atoms with Crippen molar-refractivity contribution in [1.29, 1.82) is 0 Å². The molecule has 26 N–H and O–H groups in total. The molecule has 29 nitrogen and oxygen atoms in total. The van der Waals surface area contributed by atoms with Crippen molar-refractivity contribution in [2.45, 2.75) is 121 Å². The van der Waals surface area contributed by atoms with Crippen LogP contribution in [0.3, 0.4) is 0 Å². The van der Waals surface area contributed by atoms with E-state index >= 15 is 0 Å². The summed E-state index contributed by atoms with van der Waals surface area (Å²) in [7, 11) is 0. The normalized spacial score (nSPS) is 10.3. The Bertz CT molecular complexity index is 1620. The van der Waals surface area contributed by atoms with Crippen LogP contribution in [0.15, 0.2) is 44.2 Å². The van der Waals surface area contributed by atoms with Gasteiger partial charge in [0.2, 0.25) is 0 Å². The Morgan fingerprint density at radius 1 is 0.449 bits per heavy atom. The lowest BCUT2D eigenvalue weighted by Gasteiger charge is -2.07. The van der Waals surface area contributed by atoms with Gasteiger partial charge in [0.05, 0.1) is 5.56 Å². The highest BCUT2D eigenvalue weighted by molar-refractivity contribution is 5.90. The first-order valence-electron chi connectivity index (χ1n) is 21.2. The molecule has 0 spiro atoms. The van der Waals surface area contributed by atoms with Gasteiger partial charge in [0.15, 0.2) is 23.8 Å². The van der Waals surface area contributed by atoms with Crippen molar-refractivity contribution in [3.63, 3.8) is 0 Å². The zero-order valence-electron chi connectivity index (χ0n) is 38.7. The van der Waals surface area contributed by atoms with Gasteiger partial charge < -0.3 is 103 Å². The van der Waals surface area contributed by atoms with Crippen LogP contribution in [-0.4, -0.2) is 135 Å². The van der Waals surface area contributed by atoms with E-state index in [1.54, 1.807) is 0 Å². The van der Waals surface area contributed by atoms with Gasteiger partial charge >= 0.3 is 35.8 Å². The Hall–Kier alpha value is -7.69. The lowest BCUT2D eigenvalue weighted by molar-refractivity contribution is -0.305. The van der Waals surface area contributed by atoms with E-state index in [-0.39, 0.29) is 55.1 Å². The van der Waals surface area contributed by atoms with E-state index in [1.807, 2.05) is 0 Å². The van der Waals surface area contributed by atoms with Crippen LogP contribution < -0.4 is 67.5 Å². The first-order valence-corrected chi connectivity index (χ1v) is 21.2. The van der Waals surface area contributed by atoms with Crippen LogP contribution in [0.2, 0.25) is 0 Å². The van der Waals surface area contributed by atoms with Crippen molar-refractivity contribution >= 4 is 65.6 Å². The number of hydrogen-bond donors (Lipinski definition) is 16. The number of aliphatic carboxylic acids is 6. The SMILES string of the molecule is NC(N)=NCCCCC(=O)O.NC(N)=NCCCCC(=O)O.NC(N)=NCCC[C@H](N)C(=O)O.NC(N)=NCCC[C@H](N)C(=O)O.O=C(O)c1ccccc1[O-].O=C([O-])CCCCCCCC(=O)O. The predicted molar refractivity (Wildman–Crippen MR) is 253 cm³/mol. The van der Waals surface area contributed by atoms with Crippen LogP contribution in [0.4, 0.5) is 0 Å². The molecule has 0 aliphatic carbocycles. The molecule has 0 bridgehead atoms. The predicted octanol–water partition coefficient (Wildman–Crippen LogP) is -3.06. The van der Waals surface area contributed by atoms with Gasteiger partial charge in [-0.1, -0.05) is 43.2 Å². The van der Waals surface area contributed by atoms with Gasteiger partial charge in [-0.2, -0.15) is 0 Å². The second kappa shape index (κ2) is 48.2. The Morgan fingerprint density at radius 2 is 0.739 bits per heavy atom. The summed E-state index contributed by atoms with van der Waals surface area (Å²) in [5.74, 6) is -6.83. The van der Waals surface area contributed by atoms with Gasteiger partial charge in [0.25, 0.3) is 0 Å². The van der Waals surface area contributed by atoms with Crippen LogP contribution in [0.25, 0.3) is 0 Å². The Kier molecular flexibility index (Phi) is 49.2. The molecule has 0 fully saturated rings. The number of benzene rings is 1. The highest BCUT2D eigenvalue weighted by Gasteiger charge is 2.10. The van der Waals surface area contributed by atoms with E-state index in [4.69, 9.17) is 88.0 Å². The highest BCUT2D eigenvalue weighted by Crippen LogP contribution is 2.11. The maximum absolute atomic E-state index is 10.7. The number of nitrogens with two attached hydrogens (primary N) is 10. The maximum atomic E-state index is 10.7. The number of carboxylic acids is 7. The van der Waals surface area contributed by atoms with Crippen LogP contribution in [0.5, 0.6) is 5.75 Å². The zero-order valence-corrected chi connectivity index (χ0v) is 38.7. The molecule has 69 heavy (non-hydrogen) atoms. The standard InChI is InChI=1S/C9H16O4.C7H6O3.2C6H14N4O2.2C6H13N3O2/c10-8(11)6-4-2-1-3-5-7-9(12)13;8-6-4-2-1-3-5(6)7(9)10;2*7-4(5(11)12)2-1-3-10-6(8)9;2*7-6(8)9-4-2-1-3-5(10)11/h1-7H2,(H,10,11)(H,12,13);1-4,8H,(H,9,10);2*4H,1-3,7H2,(H,11,12)(H4,8,9,10);2*1-4H2,(H,10,11)(H4,7,8,9)/p-2/t;;2*4-;;/m..00../s1. The van der Waals surface area contributed by atoms with Crippen LogP contribution in [0.1, 0.15) is 120 Å². The Morgan fingerprint density at radius 3 is 1.00 bits per heavy atom. The second-order valence-corrected chi connectivity index (χ2v) is 13.9. The molecule has 1 aromatic carbocycles. The summed E-state index contributed by atoms with van der Waals surface area (Å²) in [6.45, 7) is 1.86. The number of aromatic carboxylic acids is 1. The molecule has 0 amide bonds. The number of aliphatic imine (C=N–C) groups is 4. The molecular formula is C40H74N14O15-2. The van der Waals surface area contributed by atoms with Gasteiger partial charge in [-0.05, 0) is 76.7 Å². The van der Waals surface area contributed by atoms with Crippen molar-refractivity contribution in [1.82, 2.24) is 0 Å². The van der Waals surface area contributed by atoms with Crippen LogP contribution >= 0.6 is 0 Å². The van der Waals surface area contributed by atoms with Crippen molar-refractivity contribution < 1.29 is 74.4 Å². The molecule has 396 valence electrons. The smallest absolute Gasteiger partial charge is 0.335 e. The third-order valence-corrected chi connectivity index (χ3v) is 7.64. The van der Waals surface area contributed by atoms with E-state index in [0.717, 1.165) is 19.3 Å². The summed E-state index contributed by atoms with van der Waals surface area (Å²) < 4.78 is 0. The third kappa shape index (κ3) is 67.0. The van der Waals surface area contributed by atoms with E-state index in [1.165, 1.54) is 24.3 Å². The van der Waals surface area contributed by atoms with Crippen molar-refractivity contribution in [2.24, 2.45) is 77.3 Å². The quantitative estimate of drug-likeness (QED) is 0.0215. The number of nitrogens with zero attached hydrogens (tertiary/aromatic N) is 4. The zero-order chi connectivity index (χ0) is 54.2. The first-order chi connectivity index (χ1) is 32.2. The summed E-state index contributed by atoms with van der Waals surface area (Å²) >= 11 is 0. The Balaban J connectivity index is -0.000000238. The lowest BCUT2D eigenvalue weighted by atomic mass is 10.1. The average molecular weight is 991 g/mol. The third-order valence-electron chi connectivity index (χ3n) is 7.64. The average Bonchev–Trinajstić information content (AvgIpc) is 3.23. The van der Waals surface area contributed by atoms with Crippen molar-refractivity contribution in [2.75, 3.05) is 26.2 Å². The molecular weight excluding hydrogens is 917 g/mol. The fourth-order valence-corrected chi connectivity index (χ4v) is 4.20. The minimum Gasteiger partial charge on any atom is -0.872 e. The molecule has 0 unspecified atom stereocenters. The largest absolute Gasteiger partial charge is 0.872 e. The maximum Gasteiger partial charge on any atom is 0.335 e. The molecule has 0 saturated carbocycles. The fraction of sp³-hybridized carbons (Fsp3) is 0.575. The van der Waals surface area contributed by atoms with E-state index < -0.39 is 59.6 Å². The lowest BCUT2D eigenvalue weighted by Crippen LogP contribution is -2.30. The molecule has 2 atom stereocenters. The number of hydrogen-bond acceptors (Lipinski definition) is 15. The number of carbonyl (C=O) groups excluding carboxylic acids is 1. The molecule has 1 aromatic rings. The monoisotopic (exact) mass is 991 g/mol. The van der Waals surface area contributed by atoms with Crippen molar-refractivity contribution in [3.8, 4) is 5.75 Å². The van der Waals surface area contributed by atoms with Crippen LogP contribution in [-0.2, 0) is 28.8 Å². The topological polar surface area (TPSA) is 597 Å². The van der Waals surface area contributed by atoms with Crippen molar-refractivity contribution in [3.05, 3.63) is 29.8 Å². The number of guanidine groups is 4. The van der Waals surface area contributed by atoms with E-state index in [0.29, 0.717) is 90.4 Å². The molecule has 0 aliphatic heterocycles. The van der Waals surface area contributed by atoms with E-state index in [2.05, 4.69) is 20.0 Å². The molecule has 29 heteroatoms. The number of unbranched alkanes of at least 4 members (excludes halogenated alkanes) is 6. The summed E-state index contributed by atoms with van der Waals surface area (Å²) in [6, 6.07) is 3.90. The summed E-state index contributed by atoms with van der Waals surface area (Å²) in [4.78, 5) is 85.5. The van der Waals surface area contributed by atoms with Gasteiger partial charge in [-0.3, -0.25) is 43.9 Å². The number of para-hydroxylation sites is 1. The number of rotatable bonds is 29. The van der Waals surface area contributed by atoms with E-state index in [9.17, 15) is 43.8 Å². The molecule has 0 aromatic heterocycles. The number of carbonyl (C=O) groups is 7. The summed E-state index contributed by atoms with van der Waals surface area (Å²) in [5, 5.41) is 70.6. The summed E-state index contributed by atoms with van der Waals surface area (Å²) in [6.07, 6.45) is 9.17. The minimum absolute atomic E-state index is 0.0129.